The summed E-state index contributed by atoms with van der Waals surface area (Å²) >= 11 is 1.19. The lowest BCUT2D eigenvalue weighted by molar-refractivity contribution is -0.384. The Morgan fingerprint density at radius 3 is 2.73 bits per heavy atom. The lowest BCUT2D eigenvalue weighted by Crippen LogP contribution is -2.26. The Morgan fingerprint density at radius 1 is 1.45 bits per heavy atom. The Hall–Kier alpha value is -1.89. The number of hydrogen-bond acceptors (Lipinski definition) is 5. The van der Waals surface area contributed by atoms with Gasteiger partial charge in [-0.1, -0.05) is 17.8 Å². The number of amides is 1. The van der Waals surface area contributed by atoms with Gasteiger partial charge in [-0.25, -0.2) is 0 Å². The van der Waals surface area contributed by atoms with Crippen molar-refractivity contribution in [1.29, 1.82) is 0 Å². The molecule has 6 nitrogen and oxygen atoms in total. The van der Waals surface area contributed by atoms with E-state index < -0.39 is 4.92 Å². The number of rotatable bonds is 4. The van der Waals surface area contributed by atoms with Gasteiger partial charge in [-0.15, -0.1) is 0 Å². The van der Waals surface area contributed by atoms with Crippen LogP contribution in [-0.4, -0.2) is 28.2 Å². The lowest BCUT2D eigenvalue weighted by atomic mass is 10.1. The van der Waals surface area contributed by atoms with Crippen molar-refractivity contribution < 1.29 is 14.5 Å². The van der Waals surface area contributed by atoms with Crippen molar-refractivity contribution in [3.8, 4) is 0 Å². The highest BCUT2D eigenvalue weighted by Crippen LogP contribution is 2.37. The summed E-state index contributed by atoms with van der Waals surface area (Å²) in [6.45, 7) is 5.58. The molecule has 0 saturated carbocycles. The second-order valence-corrected chi connectivity index (χ2v) is 6.71. The Morgan fingerprint density at radius 2 is 2.14 bits per heavy atom. The molecular formula is C15H18N2O4S. The van der Waals surface area contributed by atoms with E-state index in [4.69, 9.17) is 0 Å². The van der Waals surface area contributed by atoms with E-state index >= 15 is 0 Å². The number of hydrogen-bond donors (Lipinski definition) is 0. The average Bonchev–Trinajstić information content (AvgIpc) is 2.80. The molecule has 1 amide bonds. The molecule has 0 aromatic heterocycles. The number of nitrogens with zero attached hydrogens (tertiary/aromatic N) is 2. The zero-order valence-corrected chi connectivity index (χ0v) is 13.6. The first-order chi connectivity index (χ1) is 10.3. The van der Waals surface area contributed by atoms with Gasteiger partial charge in [0, 0.05) is 31.7 Å². The zero-order chi connectivity index (χ0) is 16.4. The largest absolute Gasteiger partial charge is 0.306 e. The Balaban J connectivity index is 2.32. The Kier molecular flexibility index (Phi) is 4.85. The van der Waals surface area contributed by atoms with Crippen molar-refractivity contribution in [2.24, 2.45) is 5.92 Å². The van der Waals surface area contributed by atoms with Gasteiger partial charge in [0.05, 0.1) is 4.92 Å². The van der Waals surface area contributed by atoms with Gasteiger partial charge in [0.15, 0.2) is 5.12 Å². The summed E-state index contributed by atoms with van der Waals surface area (Å²) < 4.78 is 0. The average molecular weight is 322 g/mol. The van der Waals surface area contributed by atoms with Crippen LogP contribution in [0, 0.1) is 29.9 Å². The molecule has 118 valence electrons. The predicted octanol–water partition coefficient (Wildman–Crippen LogP) is 2.84. The lowest BCUT2D eigenvalue weighted by Gasteiger charge is -2.20. The second kappa shape index (κ2) is 6.48. The third kappa shape index (κ3) is 3.30. The standard InChI is InChI=1S/C15H18N2O4S/c1-9-4-5-13(17(20)21)15(10(9)2)16-7-12(6-14(16)19)8-22-11(3)18/h4-5,12H,6-8H2,1-3H3. The van der Waals surface area contributed by atoms with Crippen molar-refractivity contribution >= 4 is 34.2 Å². The topological polar surface area (TPSA) is 80.5 Å². The molecule has 1 heterocycles. The van der Waals surface area contributed by atoms with Crippen LogP contribution < -0.4 is 4.90 Å². The molecule has 1 saturated heterocycles. The SMILES string of the molecule is CC(=O)SCC1CC(=O)N(c2c([N+](=O)[O-])ccc(C)c2C)C1. The number of carbonyl (C=O) groups is 2. The molecule has 7 heteroatoms. The van der Waals surface area contributed by atoms with Crippen molar-refractivity contribution in [2.75, 3.05) is 17.2 Å². The fourth-order valence-corrected chi connectivity index (χ4v) is 3.31. The molecule has 0 N–H and O–H groups in total. The highest BCUT2D eigenvalue weighted by Gasteiger charge is 2.35. The number of aryl methyl sites for hydroxylation is 1. The highest BCUT2D eigenvalue weighted by molar-refractivity contribution is 8.13. The van der Waals surface area contributed by atoms with E-state index in [-0.39, 0.29) is 22.6 Å². The van der Waals surface area contributed by atoms with Gasteiger partial charge >= 0.3 is 0 Å². The maximum absolute atomic E-state index is 12.3. The summed E-state index contributed by atoms with van der Waals surface area (Å²) in [6, 6.07) is 3.14. The number of benzene rings is 1. The third-order valence-electron chi connectivity index (χ3n) is 3.87. The third-order valence-corrected chi connectivity index (χ3v) is 4.92. The molecule has 1 unspecified atom stereocenters. The van der Waals surface area contributed by atoms with Gasteiger partial charge in [0.25, 0.3) is 5.69 Å². The highest BCUT2D eigenvalue weighted by atomic mass is 32.2. The van der Waals surface area contributed by atoms with Crippen molar-refractivity contribution in [3.05, 3.63) is 33.4 Å². The van der Waals surface area contributed by atoms with E-state index in [1.807, 2.05) is 6.92 Å². The van der Waals surface area contributed by atoms with Crippen LogP contribution in [0.4, 0.5) is 11.4 Å². The number of nitro groups is 1. The number of anilines is 1. The van der Waals surface area contributed by atoms with Gasteiger partial charge in [0.1, 0.15) is 5.69 Å². The molecule has 22 heavy (non-hydrogen) atoms. The van der Waals surface area contributed by atoms with Crippen LogP contribution in [0.2, 0.25) is 0 Å². The van der Waals surface area contributed by atoms with Crippen LogP contribution in [0.5, 0.6) is 0 Å². The van der Waals surface area contributed by atoms with Gasteiger partial charge < -0.3 is 4.90 Å². The van der Waals surface area contributed by atoms with Crippen LogP contribution in [-0.2, 0) is 9.59 Å². The quantitative estimate of drug-likeness (QED) is 0.629. The smallest absolute Gasteiger partial charge is 0.293 e. The second-order valence-electron chi connectivity index (χ2n) is 5.51. The molecule has 1 aromatic carbocycles. The summed E-state index contributed by atoms with van der Waals surface area (Å²) in [5, 5.41) is 11.3. The first-order valence-electron chi connectivity index (χ1n) is 6.99. The monoisotopic (exact) mass is 322 g/mol. The minimum atomic E-state index is -0.452. The Labute approximate surface area is 133 Å². The van der Waals surface area contributed by atoms with Crippen LogP contribution in [0.15, 0.2) is 12.1 Å². The normalized spacial score (nSPS) is 17.9. The van der Waals surface area contributed by atoms with E-state index in [2.05, 4.69) is 0 Å². The zero-order valence-electron chi connectivity index (χ0n) is 12.8. The fourth-order valence-electron chi connectivity index (χ4n) is 2.62. The summed E-state index contributed by atoms with van der Waals surface area (Å²) in [6.07, 6.45) is 0.324. The van der Waals surface area contributed by atoms with E-state index in [0.717, 1.165) is 11.1 Å². The maximum atomic E-state index is 12.3. The minimum absolute atomic E-state index is 0.0172. The maximum Gasteiger partial charge on any atom is 0.293 e. The minimum Gasteiger partial charge on any atom is -0.306 e. The molecule has 0 aliphatic carbocycles. The summed E-state index contributed by atoms with van der Waals surface area (Å²) in [7, 11) is 0. The van der Waals surface area contributed by atoms with E-state index in [0.29, 0.717) is 24.4 Å². The van der Waals surface area contributed by atoms with E-state index in [1.165, 1.54) is 29.7 Å². The van der Waals surface area contributed by atoms with Crippen LogP contribution >= 0.6 is 11.8 Å². The molecule has 1 aromatic rings. The molecular weight excluding hydrogens is 304 g/mol. The number of thioether (sulfide) groups is 1. The number of nitro benzene ring substituents is 1. The molecule has 1 fully saturated rings. The van der Waals surface area contributed by atoms with Gasteiger partial charge in [0.2, 0.25) is 5.91 Å². The summed E-state index contributed by atoms with van der Waals surface area (Å²) in [4.78, 5) is 35.6. The van der Waals surface area contributed by atoms with Gasteiger partial charge in [-0.3, -0.25) is 19.7 Å². The summed E-state index contributed by atoms with van der Waals surface area (Å²) in [5.41, 5.74) is 2.01. The van der Waals surface area contributed by atoms with Crippen LogP contribution in [0.25, 0.3) is 0 Å². The van der Waals surface area contributed by atoms with Crippen molar-refractivity contribution in [1.82, 2.24) is 0 Å². The summed E-state index contributed by atoms with van der Waals surface area (Å²) in [5.74, 6) is 0.489. The van der Waals surface area contributed by atoms with E-state index in [1.54, 1.807) is 13.0 Å². The molecule has 1 aliphatic rings. The first kappa shape index (κ1) is 16.5. The van der Waals surface area contributed by atoms with Crippen molar-refractivity contribution in [2.45, 2.75) is 27.2 Å². The molecule has 1 aliphatic heterocycles. The van der Waals surface area contributed by atoms with Crippen LogP contribution in [0.3, 0.4) is 0 Å². The van der Waals surface area contributed by atoms with Gasteiger partial charge in [-0.05, 0) is 30.9 Å². The fraction of sp³-hybridized carbons (Fsp3) is 0.467. The molecule has 2 rings (SSSR count). The molecule has 0 bridgehead atoms. The first-order valence-corrected chi connectivity index (χ1v) is 7.98. The predicted molar refractivity (Wildman–Crippen MR) is 86.2 cm³/mol. The van der Waals surface area contributed by atoms with Gasteiger partial charge in [-0.2, -0.15) is 0 Å². The molecule has 1 atom stereocenters. The van der Waals surface area contributed by atoms with Crippen molar-refractivity contribution in [3.63, 3.8) is 0 Å². The molecule has 0 spiro atoms. The van der Waals surface area contributed by atoms with Crippen LogP contribution in [0.1, 0.15) is 24.5 Å². The number of carbonyl (C=O) groups excluding carboxylic acids is 2. The molecule has 0 radical (unpaired) electrons. The van der Waals surface area contributed by atoms with E-state index in [9.17, 15) is 19.7 Å². The Bertz CT molecular complexity index is 645.